The van der Waals surface area contributed by atoms with Crippen LogP contribution < -0.4 is 14.4 Å². The summed E-state index contributed by atoms with van der Waals surface area (Å²) < 4.78 is 16.1. The molecule has 4 aromatic carbocycles. The van der Waals surface area contributed by atoms with E-state index in [1.165, 1.54) is 67.5 Å². The van der Waals surface area contributed by atoms with Crippen molar-refractivity contribution in [3.63, 3.8) is 0 Å². The third-order valence-electron chi connectivity index (χ3n) is 7.58. The number of anilines is 1. The highest BCUT2D eigenvalue weighted by molar-refractivity contribution is 8.00. The smallest absolute Gasteiger partial charge is 0.337 e. The molecule has 0 bridgehead atoms. The number of methoxy groups -OCH3 is 3. The van der Waals surface area contributed by atoms with Gasteiger partial charge in [-0.25, -0.2) is 4.79 Å². The maximum absolute atomic E-state index is 13.7. The van der Waals surface area contributed by atoms with Crippen molar-refractivity contribution in [2.75, 3.05) is 26.2 Å². The highest BCUT2D eigenvalue weighted by Crippen LogP contribution is 2.45. The van der Waals surface area contributed by atoms with Gasteiger partial charge in [0.2, 0.25) is 5.13 Å². The number of esters is 1. The fourth-order valence-electron chi connectivity index (χ4n) is 5.32. The number of aliphatic hydroxyl groups is 1. The predicted molar refractivity (Wildman–Crippen MR) is 176 cm³/mol. The summed E-state index contributed by atoms with van der Waals surface area (Å²) in [6.07, 6.45) is 0. The molecule has 46 heavy (non-hydrogen) atoms. The molecule has 5 aromatic rings. The molecule has 6 rings (SSSR count). The van der Waals surface area contributed by atoms with Crippen molar-refractivity contribution < 1.29 is 33.7 Å². The van der Waals surface area contributed by atoms with E-state index in [2.05, 4.69) is 34.5 Å². The van der Waals surface area contributed by atoms with Crippen LogP contribution in [0.15, 0.2) is 94.8 Å². The van der Waals surface area contributed by atoms with Gasteiger partial charge in [0.05, 0.1) is 38.5 Å². The number of ketones is 1. The number of rotatable bonds is 9. The summed E-state index contributed by atoms with van der Waals surface area (Å²) in [6.45, 7) is 0. The quantitative estimate of drug-likeness (QED) is 0.0476. The van der Waals surface area contributed by atoms with Crippen LogP contribution in [-0.4, -0.2) is 54.3 Å². The van der Waals surface area contributed by atoms with E-state index < -0.39 is 29.5 Å². The monoisotopic (exact) mass is 653 g/mol. The molecular formula is C34H27N3O7S2. The Hall–Kier alpha value is -5.20. The molecule has 1 atom stereocenters. The Morgan fingerprint density at radius 1 is 0.891 bits per heavy atom. The number of hydrogen-bond donors (Lipinski definition) is 1. The molecule has 1 amide bonds. The first-order valence-electron chi connectivity index (χ1n) is 14.0. The zero-order valence-corrected chi connectivity index (χ0v) is 26.6. The third-order valence-corrected chi connectivity index (χ3v) is 9.69. The molecule has 1 N–H and O–H groups in total. The SMILES string of the molecule is COC(=O)c1ccc([C@@H]2C(=C(O)c3ccc(OC)c(OC)c3)C(=O)C(=O)N2c2nnc(SCc3cccc4ccccc34)s2)cc1. The summed E-state index contributed by atoms with van der Waals surface area (Å²) in [5.74, 6) is -1.33. The van der Waals surface area contributed by atoms with E-state index in [1.54, 1.807) is 24.3 Å². The molecule has 10 nitrogen and oxygen atoms in total. The Balaban J connectivity index is 1.39. The van der Waals surface area contributed by atoms with Crippen LogP contribution in [0, 0.1) is 0 Å². The second-order valence-electron chi connectivity index (χ2n) is 10.1. The van der Waals surface area contributed by atoms with Gasteiger partial charge in [0.25, 0.3) is 5.78 Å². The second-order valence-corrected chi connectivity index (χ2v) is 12.3. The van der Waals surface area contributed by atoms with E-state index in [1.807, 2.05) is 18.2 Å². The molecule has 0 aliphatic carbocycles. The molecule has 1 aliphatic heterocycles. The molecule has 0 saturated carbocycles. The maximum Gasteiger partial charge on any atom is 0.337 e. The first-order valence-corrected chi connectivity index (χ1v) is 15.8. The first-order chi connectivity index (χ1) is 22.3. The number of aromatic nitrogens is 2. The minimum absolute atomic E-state index is 0.150. The molecule has 1 fully saturated rings. The summed E-state index contributed by atoms with van der Waals surface area (Å²) in [5, 5.41) is 22.6. The zero-order chi connectivity index (χ0) is 32.4. The van der Waals surface area contributed by atoms with Gasteiger partial charge in [0, 0.05) is 11.3 Å². The fraction of sp³-hybridized carbons (Fsp3) is 0.147. The lowest BCUT2D eigenvalue weighted by molar-refractivity contribution is -0.132. The predicted octanol–water partition coefficient (Wildman–Crippen LogP) is 6.41. The Bertz CT molecular complexity index is 2000. The fourth-order valence-corrected chi connectivity index (χ4v) is 7.19. The largest absolute Gasteiger partial charge is 0.507 e. The number of ether oxygens (including phenoxy) is 3. The number of fused-ring (bicyclic) bond motifs is 1. The summed E-state index contributed by atoms with van der Waals surface area (Å²) in [5.41, 5.74) is 1.97. The van der Waals surface area contributed by atoms with E-state index in [4.69, 9.17) is 14.2 Å². The molecule has 0 unspecified atom stereocenters. The van der Waals surface area contributed by atoms with E-state index in [9.17, 15) is 19.5 Å². The van der Waals surface area contributed by atoms with Crippen LogP contribution in [0.4, 0.5) is 5.13 Å². The van der Waals surface area contributed by atoms with E-state index in [0.717, 1.165) is 16.3 Å². The first kappa shape index (κ1) is 30.8. The Morgan fingerprint density at radius 3 is 2.35 bits per heavy atom. The van der Waals surface area contributed by atoms with Crippen molar-refractivity contribution in [2.24, 2.45) is 0 Å². The minimum Gasteiger partial charge on any atom is -0.507 e. The molecule has 1 saturated heterocycles. The Labute approximate surface area is 272 Å². The number of benzene rings is 4. The van der Waals surface area contributed by atoms with Crippen molar-refractivity contribution in [2.45, 2.75) is 16.1 Å². The summed E-state index contributed by atoms with van der Waals surface area (Å²) in [6, 6.07) is 24.1. The van der Waals surface area contributed by atoms with Crippen molar-refractivity contribution >= 4 is 62.4 Å². The number of Topliss-reactive ketones (excluding diaryl/α,β-unsaturated/α-hetero) is 1. The molecule has 1 aromatic heterocycles. The molecular weight excluding hydrogens is 627 g/mol. The molecule has 1 aliphatic rings. The number of amides is 1. The number of carbonyl (C=O) groups is 3. The van der Waals surface area contributed by atoms with Gasteiger partial charge < -0.3 is 19.3 Å². The standard InChI is InChI=1S/C34H27N3O7S2/c1-42-25-16-15-22(17-26(25)43-2)29(38)27-28(20-11-13-21(14-12-20)32(41)44-3)37(31(40)30(27)39)33-35-36-34(46-33)45-18-23-9-6-8-19-7-4-5-10-24(19)23/h4-17,28,38H,18H2,1-3H3/t28-/m1/s1. The average molecular weight is 654 g/mol. The van der Waals surface area contributed by atoms with E-state index in [0.29, 0.717) is 27.2 Å². The van der Waals surface area contributed by atoms with Crippen LogP contribution in [0.25, 0.3) is 16.5 Å². The van der Waals surface area contributed by atoms with E-state index in [-0.39, 0.29) is 21.8 Å². The number of aliphatic hydroxyl groups excluding tert-OH is 1. The summed E-state index contributed by atoms with van der Waals surface area (Å²) in [4.78, 5) is 40.7. The second kappa shape index (κ2) is 13.0. The van der Waals surface area contributed by atoms with Gasteiger partial charge in [-0.05, 0) is 52.2 Å². The molecule has 232 valence electrons. The number of hydrogen-bond acceptors (Lipinski definition) is 11. The van der Waals surface area contributed by atoms with Crippen LogP contribution in [0.3, 0.4) is 0 Å². The van der Waals surface area contributed by atoms with Gasteiger partial charge in [-0.3, -0.25) is 14.5 Å². The highest BCUT2D eigenvalue weighted by Gasteiger charge is 2.48. The molecule has 0 radical (unpaired) electrons. The topological polar surface area (TPSA) is 128 Å². The lowest BCUT2D eigenvalue weighted by atomic mass is 9.94. The summed E-state index contributed by atoms with van der Waals surface area (Å²) >= 11 is 2.64. The average Bonchev–Trinajstić information content (AvgIpc) is 3.67. The molecule has 12 heteroatoms. The number of thioether (sulfide) groups is 1. The van der Waals surface area contributed by atoms with Gasteiger partial charge in [0.1, 0.15) is 5.76 Å². The van der Waals surface area contributed by atoms with Gasteiger partial charge in [0.15, 0.2) is 15.8 Å². The van der Waals surface area contributed by atoms with Gasteiger partial charge in [-0.1, -0.05) is 77.7 Å². The van der Waals surface area contributed by atoms with Crippen LogP contribution in [0.1, 0.15) is 33.1 Å². The zero-order valence-electron chi connectivity index (χ0n) is 24.9. The maximum atomic E-state index is 13.7. The van der Waals surface area contributed by atoms with Crippen molar-refractivity contribution in [1.29, 1.82) is 0 Å². The van der Waals surface area contributed by atoms with Crippen molar-refractivity contribution in [3.8, 4) is 11.5 Å². The van der Waals surface area contributed by atoms with Gasteiger partial charge >= 0.3 is 11.9 Å². The lowest BCUT2D eigenvalue weighted by Gasteiger charge is -2.22. The molecule has 0 spiro atoms. The van der Waals surface area contributed by atoms with Gasteiger partial charge in [-0.15, -0.1) is 10.2 Å². The van der Waals surface area contributed by atoms with Crippen molar-refractivity contribution in [3.05, 3.63) is 113 Å². The third kappa shape index (κ3) is 5.68. The summed E-state index contributed by atoms with van der Waals surface area (Å²) in [7, 11) is 4.21. The van der Waals surface area contributed by atoms with E-state index >= 15 is 0 Å². The normalized spacial score (nSPS) is 15.7. The Morgan fingerprint density at radius 2 is 1.61 bits per heavy atom. The van der Waals surface area contributed by atoms with Gasteiger partial charge in [-0.2, -0.15) is 0 Å². The van der Waals surface area contributed by atoms with Crippen LogP contribution >= 0.6 is 23.1 Å². The van der Waals surface area contributed by atoms with Crippen molar-refractivity contribution in [1.82, 2.24) is 10.2 Å². The van der Waals surface area contributed by atoms with Crippen LogP contribution in [0.2, 0.25) is 0 Å². The Kier molecular flexibility index (Phi) is 8.73. The lowest BCUT2D eigenvalue weighted by Crippen LogP contribution is -2.29. The molecule has 2 heterocycles. The number of carbonyl (C=O) groups excluding carboxylic acids is 3. The van der Waals surface area contributed by atoms with Crippen LogP contribution in [-0.2, 0) is 20.1 Å². The van der Waals surface area contributed by atoms with Crippen LogP contribution in [0.5, 0.6) is 11.5 Å². The minimum atomic E-state index is -1.07. The number of nitrogens with zero attached hydrogens (tertiary/aromatic N) is 3. The highest BCUT2D eigenvalue weighted by atomic mass is 32.2.